The molecule has 18 heavy (non-hydrogen) atoms. The molecule has 1 saturated carbocycles. The summed E-state index contributed by atoms with van der Waals surface area (Å²) in [6, 6.07) is 0.648. The van der Waals surface area contributed by atoms with Crippen LogP contribution in [0.25, 0.3) is 0 Å². The van der Waals surface area contributed by atoms with Gasteiger partial charge in [0.25, 0.3) is 0 Å². The molecule has 0 amide bonds. The van der Waals surface area contributed by atoms with Gasteiger partial charge in [-0.2, -0.15) is 4.80 Å². The molecule has 1 aromatic heterocycles. The second-order valence-electron chi connectivity index (χ2n) is 6.21. The van der Waals surface area contributed by atoms with Gasteiger partial charge in [0, 0.05) is 24.7 Å². The fraction of sp³-hybridized carbons (Fsp3) is 0.917. The molecule has 1 unspecified atom stereocenters. The molecule has 1 aromatic rings. The monoisotopic (exact) mass is 250 g/mol. The maximum Gasteiger partial charge on any atom is 0.188 e. The summed E-state index contributed by atoms with van der Waals surface area (Å²) in [5.74, 6) is 1.71. The molecule has 1 aliphatic carbocycles. The number of piperazine rings is 1. The average molecular weight is 250 g/mol. The molecule has 0 radical (unpaired) electrons. The van der Waals surface area contributed by atoms with E-state index in [0.717, 1.165) is 31.4 Å². The number of aromatic nitrogens is 4. The number of nitrogens with zero attached hydrogens (tertiary/aromatic N) is 5. The summed E-state index contributed by atoms with van der Waals surface area (Å²) in [5, 5.41) is 16.0. The van der Waals surface area contributed by atoms with Crippen molar-refractivity contribution in [1.82, 2.24) is 30.4 Å². The van der Waals surface area contributed by atoms with Crippen molar-refractivity contribution < 1.29 is 0 Å². The van der Waals surface area contributed by atoms with E-state index in [2.05, 4.69) is 39.5 Å². The van der Waals surface area contributed by atoms with Gasteiger partial charge in [0.1, 0.15) is 0 Å². The zero-order chi connectivity index (χ0) is 12.8. The number of hydrogen-bond donors (Lipinski definition) is 1. The third-order valence-electron chi connectivity index (χ3n) is 4.14. The third kappa shape index (κ3) is 2.40. The van der Waals surface area contributed by atoms with Crippen molar-refractivity contribution in [3.8, 4) is 0 Å². The van der Waals surface area contributed by atoms with Crippen LogP contribution in [0.15, 0.2) is 0 Å². The molecule has 1 atom stereocenters. The second-order valence-corrected chi connectivity index (χ2v) is 6.21. The highest BCUT2D eigenvalue weighted by molar-refractivity contribution is 4.99. The molecule has 1 saturated heterocycles. The summed E-state index contributed by atoms with van der Waals surface area (Å²) in [4.78, 5) is 4.02. The van der Waals surface area contributed by atoms with Gasteiger partial charge in [0.15, 0.2) is 5.82 Å². The van der Waals surface area contributed by atoms with E-state index in [9.17, 15) is 0 Å². The normalized spacial score (nSPS) is 28.5. The highest BCUT2D eigenvalue weighted by Gasteiger charge is 2.40. The predicted octanol–water partition coefficient (Wildman–Crippen LogP) is 0.173. The van der Waals surface area contributed by atoms with Crippen LogP contribution in [0, 0.1) is 5.92 Å². The quantitative estimate of drug-likeness (QED) is 0.829. The van der Waals surface area contributed by atoms with Crippen molar-refractivity contribution >= 4 is 0 Å². The number of nitrogens with one attached hydrogen (secondary N) is 1. The summed E-state index contributed by atoms with van der Waals surface area (Å²) in [6.45, 7) is 7.48. The van der Waals surface area contributed by atoms with E-state index in [1.807, 2.05) is 7.05 Å². The number of aryl methyl sites for hydroxylation is 1. The Bertz CT molecular complexity index is 422. The maximum absolute atomic E-state index is 4.29. The van der Waals surface area contributed by atoms with Crippen molar-refractivity contribution in [3.63, 3.8) is 0 Å². The lowest BCUT2D eigenvalue weighted by Gasteiger charge is -2.45. The van der Waals surface area contributed by atoms with Crippen LogP contribution < -0.4 is 5.32 Å². The van der Waals surface area contributed by atoms with Gasteiger partial charge in [0.2, 0.25) is 0 Å². The molecule has 1 aliphatic heterocycles. The number of tetrazole rings is 1. The first-order valence-electron chi connectivity index (χ1n) is 6.76. The number of rotatable bonds is 3. The van der Waals surface area contributed by atoms with Crippen LogP contribution in [0.1, 0.15) is 32.5 Å². The Morgan fingerprint density at radius 2 is 2.17 bits per heavy atom. The van der Waals surface area contributed by atoms with Crippen molar-refractivity contribution in [1.29, 1.82) is 0 Å². The minimum absolute atomic E-state index is 0.157. The zero-order valence-corrected chi connectivity index (χ0v) is 11.4. The molecular formula is C12H22N6. The standard InChI is InChI=1S/C12H22N6/c1-12(2)8-13-10(9-4-5-9)6-18(12)7-11-14-16-17(3)15-11/h9-10,13H,4-8H2,1-3H3. The van der Waals surface area contributed by atoms with Gasteiger partial charge in [-0.25, -0.2) is 0 Å². The molecule has 2 aliphatic rings. The van der Waals surface area contributed by atoms with Crippen LogP contribution in [0.3, 0.4) is 0 Å². The topological polar surface area (TPSA) is 58.9 Å². The van der Waals surface area contributed by atoms with E-state index in [1.54, 1.807) is 0 Å². The van der Waals surface area contributed by atoms with E-state index in [0.29, 0.717) is 6.04 Å². The first-order valence-corrected chi connectivity index (χ1v) is 6.76. The van der Waals surface area contributed by atoms with E-state index >= 15 is 0 Å². The van der Waals surface area contributed by atoms with Crippen molar-refractivity contribution in [2.24, 2.45) is 13.0 Å². The van der Waals surface area contributed by atoms with Gasteiger partial charge in [-0.3, -0.25) is 4.90 Å². The smallest absolute Gasteiger partial charge is 0.188 e. The molecule has 2 heterocycles. The molecule has 6 nitrogen and oxygen atoms in total. The largest absolute Gasteiger partial charge is 0.311 e. The average Bonchev–Trinajstić information content (AvgIpc) is 3.06. The highest BCUT2D eigenvalue weighted by atomic mass is 15.6. The molecular weight excluding hydrogens is 228 g/mol. The minimum Gasteiger partial charge on any atom is -0.311 e. The fourth-order valence-corrected chi connectivity index (χ4v) is 2.69. The zero-order valence-electron chi connectivity index (χ0n) is 11.4. The number of hydrogen-bond acceptors (Lipinski definition) is 5. The molecule has 3 rings (SSSR count). The Morgan fingerprint density at radius 3 is 2.78 bits per heavy atom. The van der Waals surface area contributed by atoms with Crippen molar-refractivity contribution in [2.75, 3.05) is 13.1 Å². The van der Waals surface area contributed by atoms with Gasteiger partial charge < -0.3 is 5.32 Å². The Hall–Kier alpha value is -1.01. The Labute approximate surface area is 108 Å². The first kappa shape index (κ1) is 12.0. The summed E-state index contributed by atoms with van der Waals surface area (Å²) in [5.41, 5.74) is 0.157. The van der Waals surface area contributed by atoms with Gasteiger partial charge in [-0.15, -0.1) is 10.2 Å². The Kier molecular flexibility index (Phi) is 2.86. The summed E-state index contributed by atoms with van der Waals surface area (Å²) in [7, 11) is 1.81. The van der Waals surface area contributed by atoms with Gasteiger partial charge in [-0.05, 0) is 37.8 Å². The third-order valence-corrected chi connectivity index (χ3v) is 4.14. The van der Waals surface area contributed by atoms with Crippen molar-refractivity contribution in [2.45, 2.75) is 44.8 Å². The highest BCUT2D eigenvalue weighted by Crippen LogP contribution is 2.35. The Balaban J connectivity index is 1.70. The van der Waals surface area contributed by atoms with E-state index in [1.165, 1.54) is 17.6 Å². The van der Waals surface area contributed by atoms with E-state index in [-0.39, 0.29) is 5.54 Å². The van der Waals surface area contributed by atoms with Crippen molar-refractivity contribution in [3.05, 3.63) is 5.82 Å². The lowest BCUT2D eigenvalue weighted by molar-refractivity contribution is 0.0509. The lowest BCUT2D eigenvalue weighted by atomic mass is 9.96. The fourth-order valence-electron chi connectivity index (χ4n) is 2.69. The second kappa shape index (κ2) is 4.28. The first-order chi connectivity index (χ1) is 8.54. The summed E-state index contributed by atoms with van der Waals surface area (Å²) < 4.78 is 0. The summed E-state index contributed by atoms with van der Waals surface area (Å²) in [6.07, 6.45) is 2.77. The van der Waals surface area contributed by atoms with E-state index in [4.69, 9.17) is 0 Å². The van der Waals surface area contributed by atoms with Crippen LogP contribution in [-0.4, -0.2) is 49.8 Å². The molecule has 0 spiro atoms. The molecule has 0 bridgehead atoms. The molecule has 2 fully saturated rings. The minimum atomic E-state index is 0.157. The van der Waals surface area contributed by atoms with Crippen LogP contribution in [-0.2, 0) is 13.6 Å². The SMILES string of the molecule is Cn1nnc(CN2CC(C3CC3)NCC2(C)C)n1. The van der Waals surface area contributed by atoms with Crippen LogP contribution >= 0.6 is 0 Å². The Morgan fingerprint density at radius 1 is 1.39 bits per heavy atom. The predicted molar refractivity (Wildman–Crippen MR) is 67.8 cm³/mol. The van der Waals surface area contributed by atoms with Crippen LogP contribution in [0.2, 0.25) is 0 Å². The van der Waals surface area contributed by atoms with Crippen LogP contribution in [0.5, 0.6) is 0 Å². The molecule has 6 heteroatoms. The summed E-state index contributed by atoms with van der Waals surface area (Å²) >= 11 is 0. The van der Waals surface area contributed by atoms with Gasteiger partial charge in [0.05, 0.1) is 13.6 Å². The van der Waals surface area contributed by atoms with E-state index < -0.39 is 0 Å². The molecule has 1 N–H and O–H groups in total. The maximum atomic E-state index is 4.29. The molecule has 0 aromatic carbocycles. The van der Waals surface area contributed by atoms with Gasteiger partial charge in [-0.1, -0.05) is 0 Å². The lowest BCUT2D eigenvalue weighted by Crippen LogP contribution is -2.62. The molecule has 100 valence electrons. The van der Waals surface area contributed by atoms with Gasteiger partial charge >= 0.3 is 0 Å². The van der Waals surface area contributed by atoms with Crippen LogP contribution in [0.4, 0.5) is 0 Å².